The van der Waals surface area contributed by atoms with Crippen molar-refractivity contribution in [3.8, 4) is 5.75 Å². The fourth-order valence-electron chi connectivity index (χ4n) is 1.56. The van der Waals surface area contributed by atoms with E-state index in [9.17, 15) is 4.79 Å². The highest BCUT2D eigenvalue weighted by Gasteiger charge is 2.22. The van der Waals surface area contributed by atoms with E-state index in [2.05, 4.69) is 0 Å². The number of benzene rings is 1. The van der Waals surface area contributed by atoms with Crippen molar-refractivity contribution in [2.75, 3.05) is 7.11 Å². The molecule has 14 heavy (non-hydrogen) atoms. The van der Waals surface area contributed by atoms with Gasteiger partial charge in [0, 0.05) is 11.1 Å². The second kappa shape index (κ2) is 3.82. The van der Waals surface area contributed by atoms with Crippen molar-refractivity contribution >= 4 is 6.29 Å². The predicted octanol–water partition coefficient (Wildman–Crippen LogP) is 2.45. The largest absolute Gasteiger partial charge is 0.496 e. The number of rotatable bonds is 2. The zero-order valence-electron chi connectivity index (χ0n) is 9.05. The summed E-state index contributed by atoms with van der Waals surface area (Å²) in [6, 6.07) is 5.42. The standard InChI is InChI=1S/C12H15O2/c1-12(2,3)11-9(8-13)6-5-7-10(11)14-4/h5-7H,1-4H3. The summed E-state index contributed by atoms with van der Waals surface area (Å²) < 4.78 is 5.24. The van der Waals surface area contributed by atoms with Gasteiger partial charge >= 0.3 is 0 Å². The molecule has 0 aliphatic carbocycles. The molecule has 0 saturated carbocycles. The molecule has 0 bridgehead atoms. The highest BCUT2D eigenvalue weighted by atomic mass is 16.5. The van der Waals surface area contributed by atoms with Crippen LogP contribution in [0.3, 0.4) is 0 Å². The normalized spacial score (nSPS) is 11.1. The maximum Gasteiger partial charge on any atom is 0.233 e. The number of ether oxygens (including phenoxy) is 1. The highest BCUT2D eigenvalue weighted by molar-refractivity contribution is 5.80. The molecule has 0 amide bonds. The smallest absolute Gasteiger partial charge is 0.233 e. The summed E-state index contributed by atoms with van der Waals surface area (Å²) >= 11 is 0. The lowest BCUT2D eigenvalue weighted by Gasteiger charge is -2.23. The van der Waals surface area contributed by atoms with Gasteiger partial charge in [-0.05, 0) is 11.5 Å². The molecule has 1 radical (unpaired) electrons. The number of methoxy groups -OCH3 is 1. The summed E-state index contributed by atoms with van der Waals surface area (Å²) in [5.41, 5.74) is 1.38. The van der Waals surface area contributed by atoms with E-state index in [1.165, 1.54) is 0 Å². The van der Waals surface area contributed by atoms with Crippen molar-refractivity contribution in [1.29, 1.82) is 0 Å². The number of hydrogen-bond donors (Lipinski definition) is 0. The predicted molar refractivity (Wildman–Crippen MR) is 56.5 cm³/mol. The van der Waals surface area contributed by atoms with E-state index in [1.54, 1.807) is 19.2 Å². The first-order chi connectivity index (χ1) is 6.50. The Bertz CT molecular complexity index is 335. The van der Waals surface area contributed by atoms with Gasteiger partial charge in [0.05, 0.1) is 7.11 Å². The summed E-state index contributed by atoms with van der Waals surface area (Å²) in [5.74, 6) is 0.748. The Labute approximate surface area is 84.9 Å². The van der Waals surface area contributed by atoms with E-state index in [-0.39, 0.29) is 5.41 Å². The average Bonchev–Trinajstić information content (AvgIpc) is 2.15. The lowest BCUT2D eigenvalue weighted by Crippen LogP contribution is -2.15. The lowest BCUT2D eigenvalue weighted by atomic mass is 9.83. The lowest BCUT2D eigenvalue weighted by molar-refractivity contribution is 0.397. The van der Waals surface area contributed by atoms with E-state index in [0.29, 0.717) is 5.56 Å². The molecule has 0 heterocycles. The van der Waals surface area contributed by atoms with E-state index in [0.717, 1.165) is 11.3 Å². The summed E-state index contributed by atoms with van der Waals surface area (Å²) in [6.07, 6.45) is 1.95. The Morgan fingerprint density at radius 2 is 1.93 bits per heavy atom. The first kappa shape index (κ1) is 10.8. The number of carbonyl (C=O) groups excluding carboxylic acids is 1. The molecule has 1 aromatic rings. The van der Waals surface area contributed by atoms with E-state index < -0.39 is 0 Å². The maximum atomic E-state index is 10.8. The van der Waals surface area contributed by atoms with Crippen LogP contribution in [0.1, 0.15) is 31.9 Å². The van der Waals surface area contributed by atoms with Gasteiger partial charge in [0.1, 0.15) is 5.75 Å². The fourth-order valence-corrected chi connectivity index (χ4v) is 1.56. The Morgan fingerprint density at radius 1 is 1.29 bits per heavy atom. The molecule has 0 aliphatic heterocycles. The van der Waals surface area contributed by atoms with Crippen LogP contribution in [0.5, 0.6) is 5.75 Å². The maximum absolute atomic E-state index is 10.8. The van der Waals surface area contributed by atoms with Crippen molar-refractivity contribution in [3.63, 3.8) is 0 Å². The van der Waals surface area contributed by atoms with Crippen LogP contribution in [0.2, 0.25) is 0 Å². The molecule has 0 saturated heterocycles. The van der Waals surface area contributed by atoms with Gasteiger partial charge in [-0.25, -0.2) is 0 Å². The highest BCUT2D eigenvalue weighted by Crippen LogP contribution is 2.33. The Kier molecular flexibility index (Phi) is 2.94. The van der Waals surface area contributed by atoms with E-state index in [4.69, 9.17) is 4.74 Å². The van der Waals surface area contributed by atoms with Crippen molar-refractivity contribution in [2.45, 2.75) is 26.2 Å². The molecule has 2 heteroatoms. The summed E-state index contributed by atoms with van der Waals surface area (Å²) in [5, 5.41) is 0. The van der Waals surface area contributed by atoms with Gasteiger partial charge in [-0.15, -0.1) is 0 Å². The Hall–Kier alpha value is -1.31. The molecular formula is C12H15O2. The molecule has 1 aromatic carbocycles. The Morgan fingerprint density at radius 3 is 2.36 bits per heavy atom. The van der Waals surface area contributed by atoms with Crippen molar-refractivity contribution in [1.82, 2.24) is 0 Å². The van der Waals surface area contributed by atoms with Crippen LogP contribution < -0.4 is 4.74 Å². The van der Waals surface area contributed by atoms with Gasteiger partial charge in [0.15, 0.2) is 0 Å². The first-order valence-electron chi connectivity index (χ1n) is 4.56. The summed E-state index contributed by atoms with van der Waals surface area (Å²) in [7, 11) is 1.61. The molecule has 0 spiro atoms. The van der Waals surface area contributed by atoms with Gasteiger partial charge in [-0.2, -0.15) is 0 Å². The van der Waals surface area contributed by atoms with Crippen molar-refractivity contribution in [3.05, 3.63) is 29.3 Å². The zero-order chi connectivity index (χ0) is 10.8. The first-order valence-corrected chi connectivity index (χ1v) is 4.56. The van der Waals surface area contributed by atoms with E-state index in [1.807, 2.05) is 33.1 Å². The molecule has 75 valence electrons. The van der Waals surface area contributed by atoms with Crippen LogP contribution in [0.25, 0.3) is 0 Å². The Balaban J connectivity index is 3.41. The minimum atomic E-state index is -0.112. The topological polar surface area (TPSA) is 26.3 Å². The molecule has 0 fully saturated rings. The fraction of sp³-hybridized carbons (Fsp3) is 0.417. The van der Waals surface area contributed by atoms with Gasteiger partial charge in [0.25, 0.3) is 0 Å². The number of hydrogen-bond acceptors (Lipinski definition) is 2. The molecule has 1 rings (SSSR count). The molecule has 0 atom stereocenters. The third-order valence-electron chi connectivity index (χ3n) is 2.11. The van der Waals surface area contributed by atoms with Crippen molar-refractivity contribution < 1.29 is 9.53 Å². The minimum Gasteiger partial charge on any atom is -0.496 e. The zero-order valence-corrected chi connectivity index (χ0v) is 9.05. The SMILES string of the molecule is COc1cccc([C]=O)c1C(C)(C)C. The van der Waals surface area contributed by atoms with Crippen LogP contribution in [-0.2, 0) is 10.2 Å². The van der Waals surface area contributed by atoms with Crippen LogP contribution >= 0.6 is 0 Å². The minimum absolute atomic E-state index is 0.112. The van der Waals surface area contributed by atoms with Gasteiger partial charge in [-0.3, -0.25) is 4.79 Å². The second-order valence-electron chi connectivity index (χ2n) is 4.23. The van der Waals surface area contributed by atoms with E-state index >= 15 is 0 Å². The molecule has 2 nitrogen and oxygen atoms in total. The quantitative estimate of drug-likeness (QED) is 0.717. The molecule has 0 N–H and O–H groups in total. The molecule has 0 aromatic heterocycles. The van der Waals surface area contributed by atoms with Crippen LogP contribution in [0.4, 0.5) is 0 Å². The summed E-state index contributed by atoms with van der Waals surface area (Å²) in [6.45, 7) is 6.14. The van der Waals surface area contributed by atoms with Crippen LogP contribution in [0, 0.1) is 0 Å². The molecular weight excluding hydrogens is 176 g/mol. The third kappa shape index (κ3) is 1.95. The van der Waals surface area contributed by atoms with Gasteiger partial charge in [0.2, 0.25) is 6.29 Å². The van der Waals surface area contributed by atoms with Gasteiger partial charge in [-0.1, -0.05) is 32.9 Å². The second-order valence-corrected chi connectivity index (χ2v) is 4.23. The summed E-state index contributed by atoms with van der Waals surface area (Å²) in [4.78, 5) is 10.8. The van der Waals surface area contributed by atoms with Crippen LogP contribution in [0.15, 0.2) is 18.2 Å². The van der Waals surface area contributed by atoms with Crippen LogP contribution in [-0.4, -0.2) is 13.4 Å². The average molecular weight is 191 g/mol. The molecule has 0 aliphatic rings. The third-order valence-corrected chi connectivity index (χ3v) is 2.11. The monoisotopic (exact) mass is 191 g/mol. The molecule has 0 unspecified atom stereocenters. The van der Waals surface area contributed by atoms with Crippen molar-refractivity contribution in [2.24, 2.45) is 0 Å². The van der Waals surface area contributed by atoms with Gasteiger partial charge < -0.3 is 4.74 Å².